The summed E-state index contributed by atoms with van der Waals surface area (Å²) in [5.74, 6) is -0.668. The first-order valence-electron chi connectivity index (χ1n) is 17.8. The molecule has 0 radical (unpaired) electrons. The number of nitrogens with zero attached hydrogens (tertiary/aromatic N) is 9. The highest BCUT2D eigenvalue weighted by molar-refractivity contribution is 7.86. The number of fused-ring (bicyclic) bond motifs is 3. The van der Waals surface area contributed by atoms with Gasteiger partial charge >= 0.3 is 10.6 Å². The van der Waals surface area contributed by atoms with Crippen LogP contribution in [0.2, 0.25) is 0 Å². The lowest BCUT2D eigenvalue weighted by molar-refractivity contribution is 0.310. The first kappa shape index (κ1) is 49.7. The molecule has 23 nitrogen and oxygen atoms in total. The Morgan fingerprint density at radius 1 is 0.750 bits per heavy atom. The van der Waals surface area contributed by atoms with Crippen molar-refractivity contribution in [1.29, 1.82) is 5.26 Å². The van der Waals surface area contributed by atoms with Gasteiger partial charge in [-0.2, -0.15) is 45.9 Å². The van der Waals surface area contributed by atoms with E-state index in [9.17, 15) is 40.2 Å². The Balaban J connectivity index is 0.000000909. The van der Waals surface area contributed by atoms with Crippen molar-refractivity contribution in [2.45, 2.75) is 31.6 Å². The molecule has 0 saturated carbocycles. The summed E-state index contributed by atoms with van der Waals surface area (Å²) < 4.78 is 125. The van der Waals surface area contributed by atoms with Gasteiger partial charge in [0.05, 0.1) is 46.7 Å². The molecule has 0 saturated heterocycles. The lowest BCUT2D eigenvalue weighted by atomic mass is 10.1. The molecule has 2 heterocycles. The predicted octanol–water partition coefficient (Wildman–Crippen LogP) is 7.72. The SMILES string of the molecule is CS(=O)(=O)O.Cc1cc(N=Nc2c(C)c(C#N)c3nc4ccccc4n3c2O)c(OCCCCS(=O)(=O)O)cc1N=Nc1ccc(N=Nc2ccccc2)cc1S(=O)(=O)O.O=S(=O)=O. The van der Waals surface area contributed by atoms with E-state index in [0.717, 1.165) is 6.07 Å². The monoisotopic (exact) mass is 957 g/mol. The second-order valence-electron chi connectivity index (χ2n) is 13.0. The summed E-state index contributed by atoms with van der Waals surface area (Å²) in [7, 11) is -15.7. The Labute approximate surface area is 366 Å². The maximum atomic E-state index is 12.3. The van der Waals surface area contributed by atoms with Crippen LogP contribution in [0.3, 0.4) is 0 Å². The fourth-order valence-electron chi connectivity index (χ4n) is 5.43. The van der Waals surface area contributed by atoms with Crippen LogP contribution in [-0.2, 0) is 41.0 Å². The van der Waals surface area contributed by atoms with Crippen LogP contribution in [0.15, 0.2) is 121 Å². The van der Waals surface area contributed by atoms with Crippen molar-refractivity contribution < 1.29 is 61.4 Å². The van der Waals surface area contributed by atoms with Crippen molar-refractivity contribution in [3.63, 3.8) is 0 Å². The molecule has 0 aliphatic rings. The Morgan fingerprint density at radius 3 is 1.97 bits per heavy atom. The fraction of sp³-hybridized carbons (Fsp3) is 0.189. The van der Waals surface area contributed by atoms with Crippen LogP contribution in [0.1, 0.15) is 29.5 Å². The van der Waals surface area contributed by atoms with Crippen molar-refractivity contribution in [3.05, 3.63) is 102 Å². The molecule has 2 aromatic heterocycles. The molecule has 0 fully saturated rings. The van der Waals surface area contributed by atoms with Gasteiger partial charge in [-0.3, -0.25) is 18.1 Å². The number of imidazole rings is 1. The lowest BCUT2D eigenvalue weighted by Crippen LogP contribution is -2.06. The van der Waals surface area contributed by atoms with E-state index in [1.165, 1.54) is 22.6 Å². The van der Waals surface area contributed by atoms with Crippen LogP contribution in [0.4, 0.5) is 34.1 Å². The van der Waals surface area contributed by atoms with Gasteiger partial charge in [-0.15, -0.1) is 28.0 Å². The second-order valence-corrected chi connectivity index (χ2v) is 17.8. The Morgan fingerprint density at radius 2 is 1.34 bits per heavy atom. The van der Waals surface area contributed by atoms with E-state index in [2.05, 4.69) is 41.7 Å². The smallest absolute Gasteiger partial charge is 0.425 e. The number of pyridine rings is 1. The minimum atomic E-state index is -4.78. The standard InChI is InChI=1S/C36H31N9O8S2.CH4O3S.O3S/c1-22-18-30(43-44-34-23(2)26(21-37)35-38-27-12-6-7-13-31(27)45(35)36(34)46)32(53-16-8-9-17-54(47,48)49)20-29(22)42-41-28-15-14-25(19-33(28)55(50,51)52)40-39-24-10-4-3-5-11-24;1-5(2,3)4;1-4(2)3/h3-7,10-15,18-20,46H,8-9,16-17H2,1-2H3,(H,47,48,49)(H,50,51,52);1H3,(H,2,3,4);. The molecule has 0 unspecified atom stereocenters. The van der Waals surface area contributed by atoms with E-state index < -0.39 is 51.6 Å². The number of hydrogen-bond donors (Lipinski definition) is 4. The number of rotatable bonds is 13. The predicted molar refractivity (Wildman–Crippen MR) is 229 cm³/mol. The van der Waals surface area contributed by atoms with E-state index >= 15 is 0 Å². The number of aromatic hydroxyl groups is 1. The van der Waals surface area contributed by atoms with E-state index in [-0.39, 0.29) is 70.7 Å². The van der Waals surface area contributed by atoms with Gasteiger partial charge in [0.2, 0.25) is 5.88 Å². The number of benzene rings is 4. The fourth-order valence-corrected chi connectivity index (χ4v) is 6.64. The van der Waals surface area contributed by atoms with Crippen LogP contribution in [-0.4, -0.2) is 84.6 Å². The first-order valence-corrected chi connectivity index (χ1v) is 23.7. The molecule has 27 heteroatoms. The van der Waals surface area contributed by atoms with E-state index in [1.807, 2.05) is 0 Å². The molecule has 4 aromatic carbocycles. The van der Waals surface area contributed by atoms with E-state index in [4.69, 9.17) is 26.5 Å². The molecule has 0 amide bonds. The summed E-state index contributed by atoms with van der Waals surface area (Å²) in [5.41, 5.74) is 3.17. The van der Waals surface area contributed by atoms with Crippen molar-refractivity contribution in [1.82, 2.24) is 9.38 Å². The summed E-state index contributed by atoms with van der Waals surface area (Å²) in [6.45, 7) is 3.26. The van der Waals surface area contributed by atoms with Crippen molar-refractivity contribution in [2.24, 2.45) is 30.7 Å². The average Bonchev–Trinajstić information content (AvgIpc) is 3.59. The number of aromatic nitrogens is 2. The molecule has 0 bridgehead atoms. The first-order chi connectivity index (χ1) is 30.0. The molecule has 4 N–H and O–H groups in total. The van der Waals surface area contributed by atoms with Crippen molar-refractivity contribution >= 4 is 91.8 Å². The molecule has 64 heavy (non-hydrogen) atoms. The van der Waals surface area contributed by atoms with Crippen LogP contribution in [0.5, 0.6) is 11.6 Å². The summed E-state index contributed by atoms with van der Waals surface area (Å²) in [5, 5.41) is 46.5. The maximum absolute atomic E-state index is 12.3. The summed E-state index contributed by atoms with van der Waals surface area (Å²) in [6.07, 6.45) is 1.03. The highest BCUT2D eigenvalue weighted by Gasteiger charge is 2.21. The summed E-state index contributed by atoms with van der Waals surface area (Å²) >= 11 is 0. The quantitative estimate of drug-likeness (QED) is 0.0488. The third-order valence-electron chi connectivity index (χ3n) is 8.16. The molecule has 0 aliphatic heterocycles. The Hall–Kier alpha value is -6.93. The minimum absolute atomic E-state index is 0.00258. The number of unbranched alkanes of at least 4 members (excludes halogenated alkanes) is 1. The second kappa shape index (κ2) is 21.4. The van der Waals surface area contributed by atoms with Crippen LogP contribution >= 0.6 is 0 Å². The van der Waals surface area contributed by atoms with Gasteiger partial charge in [-0.1, -0.05) is 30.3 Å². The third-order valence-corrected chi connectivity index (χ3v) is 9.85. The Bertz CT molecular complexity index is 3290. The van der Waals surface area contributed by atoms with Gasteiger partial charge in [-0.05, 0) is 80.8 Å². The van der Waals surface area contributed by atoms with E-state index in [1.54, 1.807) is 74.5 Å². The van der Waals surface area contributed by atoms with E-state index in [0.29, 0.717) is 34.1 Å². The molecule has 0 atom stereocenters. The van der Waals surface area contributed by atoms with Gasteiger partial charge in [0.25, 0.3) is 30.4 Å². The zero-order chi connectivity index (χ0) is 47.4. The number of azo groups is 3. The lowest BCUT2D eigenvalue weighted by Gasteiger charge is -2.12. The van der Waals surface area contributed by atoms with Crippen molar-refractivity contribution in [3.8, 4) is 17.7 Å². The van der Waals surface area contributed by atoms with Crippen molar-refractivity contribution in [2.75, 3.05) is 18.6 Å². The molecule has 336 valence electrons. The molecule has 0 spiro atoms. The number of hydrogen-bond acceptors (Lipinski definition) is 19. The van der Waals surface area contributed by atoms with Gasteiger partial charge in [0.1, 0.15) is 33.7 Å². The van der Waals surface area contributed by atoms with Gasteiger partial charge < -0.3 is 9.84 Å². The number of ether oxygens (including phenoxy) is 1. The van der Waals surface area contributed by atoms with Crippen LogP contribution < -0.4 is 4.74 Å². The molecule has 6 aromatic rings. The highest BCUT2D eigenvalue weighted by atomic mass is 32.2. The number of nitriles is 1. The number of para-hydroxylation sites is 2. The molecular formula is C37H35N9O14S4. The summed E-state index contributed by atoms with van der Waals surface area (Å²) in [6, 6.07) is 24.8. The third kappa shape index (κ3) is 14.6. The van der Waals surface area contributed by atoms with Gasteiger partial charge in [0.15, 0.2) is 11.3 Å². The van der Waals surface area contributed by atoms with Gasteiger partial charge in [0, 0.05) is 11.6 Å². The van der Waals surface area contributed by atoms with Crippen LogP contribution in [0, 0.1) is 25.2 Å². The molecule has 0 aliphatic carbocycles. The zero-order valence-electron chi connectivity index (χ0n) is 33.4. The molecular weight excluding hydrogens is 923 g/mol. The zero-order valence-corrected chi connectivity index (χ0v) is 36.7. The average molecular weight is 958 g/mol. The minimum Gasteiger partial charge on any atom is -0.493 e. The van der Waals surface area contributed by atoms with Gasteiger partial charge in [-0.25, -0.2) is 4.98 Å². The topological polar surface area (TPSA) is 359 Å². The normalized spacial score (nSPS) is 12.0. The maximum Gasteiger partial charge on any atom is 0.425 e. The summed E-state index contributed by atoms with van der Waals surface area (Å²) in [4.78, 5) is 3.95. The number of aryl methyl sites for hydroxylation is 1. The molecule has 6 rings (SSSR count). The largest absolute Gasteiger partial charge is 0.493 e. The highest BCUT2D eigenvalue weighted by Crippen LogP contribution is 2.41. The Kier molecular flexibility index (Phi) is 16.7. The van der Waals surface area contributed by atoms with Crippen LogP contribution in [0.25, 0.3) is 16.7 Å².